The molecule has 4 rings (SSSR count). The number of hydrogen-bond donors (Lipinski definition) is 0. The Kier molecular flexibility index (Phi) is 39.2. The van der Waals surface area contributed by atoms with Crippen LogP contribution in [0.4, 0.5) is 0 Å². The van der Waals surface area contributed by atoms with E-state index >= 15 is 0 Å². The number of benzene rings is 4. The molecular formula is C70H86O22. The average Bonchev–Trinajstić information content (AvgIpc) is 0.872. The molecule has 0 spiro atoms. The zero-order chi connectivity index (χ0) is 66.1. The maximum atomic E-state index is 13.5. The van der Waals surface area contributed by atoms with Crippen molar-refractivity contribution in [3.8, 4) is 46.0 Å². The molecule has 0 saturated heterocycles. The fraction of sp³-hybridized carbons (Fsp3) is 0.386. The lowest BCUT2D eigenvalue weighted by Crippen LogP contribution is -2.09. The van der Waals surface area contributed by atoms with E-state index < -0.39 is 29.8 Å². The lowest BCUT2D eigenvalue weighted by molar-refractivity contribution is -0.286. The summed E-state index contributed by atoms with van der Waals surface area (Å²) in [6, 6.07) is 17.0. The first-order chi connectivity index (χ1) is 45.0. The molecule has 0 bridgehead atoms. The Morgan fingerprint density at radius 2 is 0.620 bits per heavy atom. The van der Waals surface area contributed by atoms with Crippen molar-refractivity contribution in [2.24, 2.45) is 0 Å². The predicted octanol–water partition coefficient (Wildman–Crippen LogP) is 12.6. The van der Waals surface area contributed by atoms with Gasteiger partial charge >= 0.3 is 29.8 Å². The number of carbonyl (C=O) groups is 5. The van der Waals surface area contributed by atoms with Crippen molar-refractivity contribution >= 4 is 52.8 Å². The van der Waals surface area contributed by atoms with Gasteiger partial charge in [0.15, 0.2) is 23.0 Å². The first kappa shape index (κ1) is 75.4. The van der Waals surface area contributed by atoms with Gasteiger partial charge in [0.2, 0.25) is 11.5 Å². The third-order valence-corrected chi connectivity index (χ3v) is 12.3. The van der Waals surface area contributed by atoms with Crippen LogP contribution in [0, 0.1) is 0 Å². The highest BCUT2D eigenvalue weighted by molar-refractivity contribution is 5.93. The molecule has 4 aromatic carbocycles. The van der Waals surface area contributed by atoms with Crippen molar-refractivity contribution in [3.05, 3.63) is 160 Å². The van der Waals surface area contributed by atoms with Crippen molar-refractivity contribution in [1.29, 1.82) is 0 Å². The van der Waals surface area contributed by atoms with Gasteiger partial charge in [0.25, 0.3) is 0 Å². The molecule has 0 fully saturated rings. The van der Waals surface area contributed by atoms with Crippen LogP contribution < -0.4 is 37.9 Å². The molecular weight excluding hydrogens is 1190 g/mol. The van der Waals surface area contributed by atoms with Gasteiger partial charge in [-0.05, 0) is 149 Å². The van der Waals surface area contributed by atoms with Gasteiger partial charge in [0.05, 0.1) is 79.3 Å². The van der Waals surface area contributed by atoms with Gasteiger partial charge in [-0.2, -0.15) is 0 Å². The van der Waals surface area contributed by atoms with E-state index in [4.69, 9.17) is 81.4 Å². The van der Waals surface area contributed by atoms with Gasteiger partial charge in [0, 0.05) is 41.5 Å². The second-order valence-electron chi connectivity index (χ2n) is 19.4. The number of unbranched alkanes of at least 4 members (excludes halogenated alkanes) is 6. The summed E-state index contributed by atoms with van der Waals surface area (Å²) in [6.45, 7) is 24.9. The summed E-state index contributed by atoms with van der Waals surface area (Å²) in [6.07, 6.45) is 20.5. The minimum Gasteiger partial charge on any atom is -0.490 e. The van der Waals surface area contributed by atoms with E-state index in [1.807, 2.05) is 0 Å². The molecule has 0 aliphatic carbocycles. The highest BCUT2D eigenvalue weighted by atomic mass is 17.2. The van der Waals surface area contributed by atoms with Crippen LogP contribution in [0.1, 0.15) is 88.2 Å². The summed E-state index contributed by atoms with van der Waals surface area (Å²) < 4.78 is 64.7. The third kappa shape index (κ3) is 31.6. The summed E-state index contributed by atoms with van der Waals surface area (Å²) >= 11 is 0. The van der Waals surface area contributed by atoms with E-state index in [0.29, 0.717) is 154 Å². The van der Waals surface area contributed by atoms with Crippen LogP contribution in [0.15, 0.2) is 149 Å². The molecule has 0 amide bonds. The highest BCUT2D eigenvalue weighted by Crippen LogP contribution is 2.43. The molecule has 0 aromatic heterocycles. The molecule has 0 saturated carbocycles. The Balaban J connectivity index is 1.52. The molecule has 0 aliphatic rings. The second-order valence-corrected chi connectivity index (χ2v) is 19.4. The monoisotopic (exact) mass is 1280 g/mol. The van der Waals surface area contributed by atoms with E-state index in [-0.39, 0.29) is 89.9 Å². The lowest BCUT2D eigenvalue weighted by Gasteiger charge is -2.19. The van der Waals surface area contributed by atoms with Crippen LogP contribution in [0.3, 0.4) is 0 Å². The van der Waals surface area contributed by atoms with Crippen LogP contribution in [0.2, 0.25) is 0 Å². The molecule has 22 nitrogen and oxygen atoms in total. The molecule has 498 valence electrons. The van der Waals surface area contributed by atoms with Crippen LogP contribution in [-0.2, 0) is 67.5 Å². The molecule has 0 aliphatic heterocycles. The summed E-state index contributed by atoms with van der Waals surface area (Å²) in [5.74, 6) is -0.408. The van der Waals surface area contributed by atoms with Crippen LogP contribution >= 0.6 is 0 Å². The van der Waals surface area contributed by atoms with E-state index in [1.165, 1.54) is 12.2 Å². The van der Waals surface area contributed by atoms with Crippen molar-refractivity contribution in [2.75, 3.05) is 99.1 Å². The van der Waals surface area contributed by atoms with Crippen molar-refractivity contribution in [2.45, 2.75) is 77.0 Å². The summed E-state index contributed by atoms with van der Waals surface area (Å²) in [5.41, 5.74) is 0.976. The zero-order valence-corrected chi connectivity index (χ0v) is 52.4. The highest BCUT2D eigenvalue weighted by Gasteiger charge is 2.20. The summed E-state index contributed by atoms with van der Waals surface area (Å²) in [7, 11) is 0. The van der Waals surface area contributed by atoms with Gasteiger partial charge in [-0.1, -0.05) is 50.1 Å². The van der Waals surface area contributed by atoms with E-state index in [2.05, 4.69) is 39.5 Å². The van der Waals surface area contributed by atoms with Crippen molar-refractivity contribution in [3.63, 3.8) is 0 Å². The first-order valence-electron chi connectivity index (χ1n) is 30.4. The zero-order valence-electron chi connectivity index (χ0n) is 52.4. The quantitative estimate of drug-likeness (QED) is 0.00583. The number of rotatable bonds is 54. The summed E-state index contributed by atoms with van der Waals surface area (Å²) in [4.78, 5) is 92.4. The third-order valence-electron chi connectivity index (χ3n) is 12.3. The van der Waals surface area contributed by atoms with Crippen LogP contribution in [0.5, 0.6) is 46.0 Å². The molecule has 0 unspecified atom stereocenters. The SMILES string of the molecule is C=CCOOCCCCOc1ccc(C=CC(=O)Oc2ccc3cc(OC(=O)C=Cc4ccc(OCCCCOC(=O)C=C)c(OCCCCOC(=O)C=C)c4OCCCCOOCC=C)ccc3c2)c(OCCCCOC(=O)C=C)c1OCCCCOOCC=C. The number of carbonyl (C=O) groups excluding carboxylic acids is 5. The Morgan fingerprint density at radius 1 is 0.315 bits per heavy atom. The minimum absolute atomic E-state index is 0.168. The molecule has 0 atom stereocenters. The van der Waals surface area contributed by atoms with Gasteiger partial charge in [-0.25, -0.2) is 53.3 Å². The van der Waals surface area contributed by atoms with Crippen molar-refractivity contribution in [1.82, 2.24) is 0 Å². The Morgan fingerprint density at radius 3 is 0.946 bits per heavy atom. The van der Waals surface area contributed by atoms with Gasteiger partial charge in [-0.3, -0.25) is 0 Å². The molecule has 22 heteroatoms. The topological polar surface area (TPSA) is 242 Å². The van der Waals surface area contributed by atoms with Crippen molar-refractivity contribution < 1.29 is 105 Å². The molecule has 0 radical (unpaired) electrons. The number of fused-ring (bicyclic) bond motifs is 1. The molecule has 4 aromatic rings. The largest absolute Gasteiger partial charge is 0.490 e. The lowest BCUT2D eigenvalue weighted by atomic mass is 10.1. The number of hydrogen-bond acceptors (Lipinski definition) is 22. The Bertz CT molecular complexity index is 3000. The Labute approximate surface area is 538 Å². The van der Waals surface area contributed by atoms with Gasteiger partial charge < -0.3 is 52.1 Å². The fourth-order valence-electron chi connectivity index (χ4n) is 7.75. The predicted molar refractivity (Wildman–Crippen MR) is 344 cm³/mol. The van der Waals surface area contributed by atoms with Crippen LogP contribution in [0.25, 0.3) is 22.9 Å². The minimum atomic E-state index is -0.692. The Hall–Kier alpha value is -9.03. The average molecular weight is 1280 g/mol. The normalized spacial score (nSPS) is 10.9. The first-order valence-corrected chi connectivity index (χ1v) is 30.4. The van der Waals surface area contributed by atoms with Gasteiger partial charge in [-0.15, -0.1) is 19.7 Å². The number of ether oxygens (including phenoxy) is 11. The van der Waals surface area contributed by atoms with E-state index in [0.717, 1.165) is 18.2 Å². The summed E-state index contributed by atoms with van der Waals surface area (Å²) in [5, 5.41) is 1.37. The second kappa shape index (κ2) is 47.9. The maximum absolute atomic E-state index is 13.5. The maximum Gasteiger partial charge on any atom is 0.336 e. The van der Waals surface area contributed by atoms with E-state index in [9.17, 15) is 24.0 Å². The van der Waals surface area contributed by atoms with Crippen LogP contribution in [-0.4, -0.2) is 129 Å². The number of esters is 5. The van der Waals surface area contributed by atoms with Gasteiger partial charge in [0.1, 0.15) is 31.3 Å². The smallest absolute Gasteiger partial charge is 0.336 e. The molecule has 0 heterocycles. The van der Waals surface area contributed by atoms with E-state index in [1.54, 1.807) is 91.0 Å². The molecule has 0 N–H and O–H groups in total. The standard InChI is InChI=1S/C70H86O22/c1-7-37-85-88-49-22-19-41-77-61-34-28-54(67(81-45-17-15-43-79-63(72)11-5)70(61)84-48-21-24-51-90-87-39-9-3)29-35-65(74)91-58-31-25-57-53-59(32-26-56(57)52-58)92-66(75)36-30-55-27-33-60(76-40-13-14-42-78-62(71)10-4)69(83-47-18-16-44-80-64(73)12-6)68(55)82-46-20-23-50-89-86-38-8-2/h7-12,25-36,52-53H,1-6,13-24,37-51H2. The molecule has 92 heavy (non-hydrogen) atoms. The fourth-order valence-corrected chi connectivity index (χ4v) is 7.75.